The Morgan fingerprint density at radius 2 is 1.96 bits per heavy atom. The van der Waals surface area contributed by atoms with Gasteiger partial charge in [0, 0.05) is 17.7 Å². The minimum Gasteiger partial charge on any atom is -0.484 e. The van der Waals surface area contributed by atoms with Gasteiger partial charge in [0.15, 0.2) is 6.61 Å². The summed E-state index contributed by atoms with van der Waals surface area (Å²) >= 11 is 1.12. The van der Waals surface area contributed by atoms with Crippen molar-refractivity contribution in [3.05, 3.63) is 64.7 Å². The molecule has 1 heterocycles. The summed E-state index contributed by atoms with van der Waals surface area (Å²) in [6, 6.07) is 15.0. The summed E-state index contributed by atoms with van der Waals surface area (Å²) < 4.78 is 5.34. The highest BCUT2D eigenvalue weighted by molar-refractivity contribution is 7.18. The Bertz CT molecular complexity index is 898. The number of nitrogens with one attached hydrogen (secondary N) is 1. The van der Waals surface area contributed by atoms with Gasteiger partial charge in [0.05, 0.1) is 4.92 Å². The Morgan fingerprint density at radius 1 is 1.16 bits per heavy atom. The summed E-state index contributed by atoms with van der Waals surface area (Å²) in [5.74, 6) is 0.220. The van der Waals surface area contributed by atoms with Crippen LogP contribution in [0.2, 0.25) is 0 Å². The SMILES string of the molecule is O=C(COc1ccccc1)Nc1nnc(-c2cccc([N+](=O)[O-])c2)s1. The molecule has 8 nitrogen and oxygen atoms in total. The van der Waals surface area contributed by atoms with Crippen molar-refractivity contribution in [2.75, 3.05) is 11.9 Å². The first-order valence-corrected chi connectivity index (χ1v) is 7.99. The molecule has 0 saturated heterocycles. The van der Waals surface area contributed by atoms with Gasteiger partial charge in [-0.3, -0.25) is 20.2 Å². The molecule has 0 radical (unpaired) electrons. The zero-order valence-corrected chi connectivity index (χ0v) is 13.6. The van der Waals surface area contributed by atoms with Crippen LogP contribution in [0.15, 0.2) is 54.6 Å². The lowest BCUT2D eigenvalue weighted by molar-refractivity contribution is -0.384. The Morgan fingerprint density at radius 3 is 2.72 bits per heavy atom. The first kappa shape index (κ1) is 16.5. The smallest absolute Gasteiger partial charge is 0.270 e. The van der Waals surface area contributed by atoms with Gasteiger partial charge in [-0.15, -0.1) is 10.2 Å². The van der Waals surface area contributed by atoms with Crippen molar-refractivity contribution in [1.82, 2.24) is 10.2 Å². The summed E-state index contributed by atoms with van der Waals surface area (Å²) in [6.45, 7) is -0.157. The molecule has 9 heteroatoms. The van der Waals surface area contributed by atoms with Gasteiger partial charge in [0.2, 0.25) is 5.13 Å². The first-order valence-electron chi connectivity index (χ1n) is 7.18. The van der Waals surface area contributed by atoms with Crippen LogP contribution >= 0.6 is 11.3 Å². The summed E-state index contributed by atoms with van der Waals surface area (Å²) in [7, 11) is 0. The minimum absolute atomic E-state index is 0.0328. The molecular formula is C16H12N4O4S. The number of para-hydroxylation sites is 1. The van der Waals surface area contributed by atoms with Gasteiger partial charge in [-0.2, -0.15) is 0 Å². The second-order valence-electron chi connectivity index (χ2n) is 4.87. The van der Waals surface area contributed by atoms with E-state index in [-0.39, 0.29) is 18.2 Å². The van der Waals surface area contributed by atoms with Gasteiger partial charge < -0.3 is 4.74 Å². The molecule has 1 aromatic heterocycles. The molecule has 0 saturated carbocycles. The number of nitrogens with zero attached hydrogens (tertiary/aromatic N) is 3. The van der Waals surface area contributed by atoms with Crippen molar-refractivity contribution >= 4 is 28.1 Å². The Balaban J connectivity index is 1.62. The number of amides is 1. The van der Waals surface area contributed by atoms with Crippen LogP contribution < -0.4 is 10.1 Å². The quantitative estimate of drug-likeness (QED) is 0.537. The predicted molar refractivity (Wildman–Crippen MR) is 92.6 cm³/mol. The van der Waals surface area contributed by atoms with E-state index < -0.39 is 4.92 Å². The van der Waals surface area contributed by atoms with Crippen molar-refractivity contribution in [3.8, 4) is 16.3 Å². The number of aromatic nitrogens is 2. The lowest BCUT2D eigenvalue weighted by Crippen LogP contribution is -2.20. The normalized spacial score (nSPS) is 10.2. The molecule has 0 spiro atoms. The van der Waals surface area contributed by atoms with Gasteiger partial charge >= 0.3 is 0 Å². The van der Waals surface area contributed by atoms with E-state index in [2.05, 4.69) is 15.5 Å². The molecule has 0 aliphatic heterocycles. The third-order valence-electron chi connectivity index (χ3n) is 3.09. The maximum absolute atomic E-state index is 11.9. The predicted octanol–water partition coefficient (Wildman–Crippen LogP) is 3.13. The molecule has 25 heavy (non-hydrogen) atoms. The highest BCUT2D eigenvalue weighted by Crippen LogP contribution is 2.28. The third kappa shape index (κ3) is 4.36. The van der Waals surface area contributed by atoms with Gasteiger partial charge in [-0.1, -0.05) is 41.7 Å². The number of non-ortho nitro benzene ring substituents is 1. The molecular weight excluding hydrogens is 344 g/mol. The zero-order chi connectivity index (χ0) is 17.6. The van der Waals surface area contributed by atoms with Crippen molar-refractivity contribution in [3.63, 3.8) is 0 Å². The van der Waals surface area contributed by atoms with Gasteiger partial charge in [-0.05, 0) is 12.1 Å². The molecule has 2 aromatic carbocycles. The van der Waals surface area contributed by atoms with E-state index >= 15 is 0 Å². The average Bonchev–Trinajstić information content (AvgIpc) is 3.09. The standard InChI is InChI=1S/C16H12N4O4S/c21-14(10-24-13-7-2-1-3-8-13)17-16-19-18-15(25-16)11-5-4-6-12(9-11)20(22)23/h1-9H,10H2,(H,17,19,21). The molecule has 0 aliphatic rings. The number of ether oxygens (including phenoxy) is 1. The van der Waals surface area contributed by atoms with Crippen LogP contribution in [-0.2, 0) is 4.79 Å². The maximum Gasteiger partial charge on any atom is 0.270 e. The van der Waals surface area contributed by atoms with E-state index in [1.165, 1.54) is 12.1 Å². The number of anilines is 1. The molecule has 0 unspecified atom stereocenters. The summed E-state index contributed by atoms with van der Waals surface area (Å²) in [5, 5.41) is 22.0. The van der Waals surface area contributed by atoms with Gasteiger partial charge in [0.1, 0.15) is 10.8 Å². The van der Waals surface area contributed by atoms with Crippen molar-refractivity contribution in [2.24, 2.45) is 0 Å². The van der Waals surface area contributed by atoms with Crippen LogP contribution in [0, 0.1) is 10.1 Å². The molecule has 1 N–H and O–H groups in total. The summed E-state index contributed by atoms with van der Waals surface area (Å²) in [6.07, 6.45) is 0. The van der Waals surface area contributed by atoms with E-state index in [4.69, 9.17) is 4.74 Å². The van der Waals surface area contributed by atoms with Crippen molar-refractivity contribution in [2.45, 2.75) is 0 Å². The Kier molecular flexibility index (Phi) is 4.95. The molecule has 0 bridgehead atoms. The first-order chi connectivity index (χ1) is 12.1. The largest absolute Gasteiger partial charge is 0.484 e. The molecule has 0 atom stereocenters. The number of nitro groups is 1. The van der Waals surface area contributed by atoms with E-state index in [1.54, 1.807) is 24.3 Å². The van der Waals surface area contributed by atoms with E-state index in [1.807, 2.05) is 18.2 Å². The number of hydrogen-bond donors (Lipinski definition) is 1. The monoisotopic (exact) mass is 356 g/mol. The molecule has 126 valence electrons. The van der Waals surface area contributed by atoms with Crippen LogP contribution in [0.25, 0.3) is 10.6 Å². The maximum atomic E-state index is 11.9. The lowest BCUT2D eigenvalue weighted by atomic mass is 10.2. The summed E-state index contributed by atoms with van der Waals surface area (Å²) in [4.78, 5) is 22.2. The highest BCUT2D eigenvalue weighted by atomic mass is 32.1. The van der Waals surface area contributed by atoms with E-state index in [9.17, 15) is 14.9 Å². The number of carbonyl (C=O) groups excluding carboxylic acids is 1. The zero-order valence-electron chi connectivity index (χ0n) is 12.8. The second-order valence-corrected chi connectivity index (χ2v) is 5.85. The van der Waals surface area contributed by atoms with Crippen LogP contribution in [0.3, 0.4) is 0 Å². The highest BCUT2D eigenvalue weighted by Gasteiger charge is 2.13. The van der Waals surface area contributed by atoms with E-state index in [0.717, 1.165) is 11.3 Å². The Hall–Kier alpha value is -3.33. The number of rotatable bonds is 6. The van der Waals surface area contributed by atoms with Crippen molar-refractivity contribution < 1.29 is 14.5 Å². The number of hydrogen-bond acceptors (Lipinski definition) is 7. The topological polar surface area (TPSA) is 107 Å². The van der Waals surface area contributed by atoms with Gasteiger partial charge in [-0.25, -0.2) is 0 Å². The molecule has 0 fully saturated rings. The van der Waals surface area contributed by atoms with Crippen LogP contribution in [0.5, 0.6) is 5.75 Å². The fourth-order valence-corrected chi connectivity index (χ4v) is 2.72. The second kappa shape index (κ2) is 7.49. The van der Waals surface area contributed by atoms with E-state index in [0.29, 0.717) is 21.5 Å². The molecule has 3 rings (SSSR count). The molecule has 1 amide bonds. The van der Waals surface area contributed by atoms with Gasteiger partial charge in [0.25, 0.3) is 11.6 Å². The van der Waals surface area contributed by atoms with Crippen molar-refractivity contribution in [1.29, 1.82) is 0 Å². The molecule has 0 aliphatic carbocycles. The average molecular weight is 356 g/mol. The van der Waals surface area contributed by atoms with Crippen LogP contribution in [0.4, 0.5) is 10.8 Å². The molecule has 3 aromatic rings. The lowest BCUT2D eigenvalue weighted by Gasteiger charge is -2.04. The number of nitro benzene ring substituents is 1. The minimum atomic E-state index is -0.478. The number of benzene rings is 2. The summed E-state index contributed by atoms with van der Waals surface area (Å²) in [5.41, 5.74) is 0.530. The van der Waals surface area contributed by atoms with Crippen LogP contribution in [-0.4, -0.2) is 27.6 Å². The fraction of sp³-hybridized carbons (Fsp3) is 0.0625. The fourth-order valence-electron chi connectivity index (χ4n) is 1.96. The number of carbonyl (C=O) groups is 1. The Labute approximate surface area is 146 Å². The van der Waals surface area contributed by atoms with Crippen LogP contribution in [0.1, 0.15) is 0 Å². The third-order valence-corrected chi connectivity index (χ3v) is 3.98.